The van der Waals surface area contributed by atoms with Crippen molar-refractivity contribution in [3.05, 3.63) is 71.8 Å². The molecule has 0 aromatic heterocycles. The lowest BCUT2D eigenvalue weighted by Gasteiger charge is -2.34. The number of rotatable bonds is 3. The second kappa shape index (κ2) is 8.02. The van der Waals surface area contributed by atoms with Gasteiger partial charge in [-0.25, -0.2) is 13.2 Å². The van der Waals surface area contributed by atoms with Gasteiger partial charge in [-0.05, 0) is 47.2 Å². The van der Waals surface area contributed by atoms with E-state index in [0.717, 1.165) is 10.8 Å². The average molecular weight is 430 g/mol. The first-order chi connectivity index (χ1) is 13.9. The minimum atomic E-state index is -3.61. The number of carbonyl (C=O) groups excluding carboxylic acids is 1. The molecule has 3 aromatic rings. The van der Waals surface area contributed by atoms with Crippen LogP contribution < -0.4 is 5.32 Å². The average Bonchev–Trinajstić information content (AvgIpc) is 2.75. The molecule has 6 nitrogen and oxygen atoms in total. The number of urea groups is 1. The predicted molar refractivity (Wildman–Crippen MR) is 115 cm³/mol. The SMILES string of the molecule is O=C(Nc1ccc(Cl)cc1)N1CCN(S(=O)(=O)c2ccc3ccccc3c2)CC1. The topological polar surface area (TPSA) is 69.7 Å². The van der Waals surface area contributed by atoms with Gasteiger partial charge in [-0.1, -0.05) is 41.9 Å². The van der Waals surface area contributed by atoms with E-state index in [1.807, 2.05) is 30.3 Å². The molecule has 8 heteroatoms. The van der Waals surface area contributed by atoms with Gasteiger partial charge in [0, 0.05) is 36.9 Å². The Kier molecular flexibility index (Phi) is 5.45. The summed E-state index contributed by atoms with van der Waals surface area (Å²) in [6.45, 7) is 1.16. The van der Waals surface area contributed by atoms with Crippen molar-refractivity contribution in [3.8, 4) is 0 Å². The van der Waals surface area contributed by atoms with Crippen LogP contribution in [-0.2, 0) is 10.0 Å². The standard InChI is InChI=1S/C21H20ClN3O3S/c22-18-6-8-19(9-7-18)23-21(26)24-11-13-25(14-12-24)29(27,28)20-10-5-16-3-1-2-4-17(16)15-20/h1-10,15H,11-14H2,(H,23,26). The van der Waals surface area contributed by atoms with E-state index in [2.05, 4.69) is 5.32 Å². The van der Waals surface area contributed by atoms with Crippen LogP contribution >= 0.6 is 11.6 Å². The Balaban J connectivity index is 1.42. The highest BCUT2D eigenvalue weighted by Gasteiger charge is 2.30. The molecule has 2 amide bonds. The number of benzene rings is 3. The van der Waals surface area contributed by atoms with Gasteiger partial charge in [0.15, 0.2) is 0 Å². The highest BCUT2D eigenvalue weighted by Crippen LogP contribution is 2.23. The number of amides is 2. The lowest BCUT2D eigenvalue weighted by molar-refractivity contribution is 0.184. The predicted octanol–water partition coefficient (Wildman–Crippen LogP) is 4.03. The normalized spacial score (nSPS) is 15.4. The van der Waals surface area contributed by atoms with Crippen molar-refractivity contribution in [2.24, 2.45) is 0 Å². The number of anilines is 1. The smallest absolute Gasteiger partial charge is 0.321 e. The Morgan fingerprint density at radius 1 is 0.862 bits per heavy atom. The molecule has 1 fully saturated rings. The molecule has 0 atom stereocenters. The van der Waals surface area contributed by atoms with E-state index in [4.69, 9.17) is 11.6 Å². The number of hydrogen-bond acceptors (Lipinski definition) is 3. The fourth-order valence-corrected chi connectivity index (χ4v) is 4.93. The summed E-state index contributed by atoms with van der Waals surface area (Å²) >= 11 is 5.85. The molecular weight excluding hydrogens is 410 g/mol. The van der Waals surface area contributed by atoms with Crippen LogP contribution in [-0.4, -0.2) is 49.8 Å². The van der Waals surface area contributed by atoms with Gasteiger partial charge in [-0.15, -0.1) is 0 Å². The molecule has 1 N–H and O–H groups in total. The number of hydrogen-bond donors (Lipinski definition) is 1. The van der Waals surface area contributed by atoms with E-state index in [0.29, 0.717) is 23.8 Å². The molecule has 0 bridgehead atoms. The van der Waals surface area contributed by atoms with Gasteiger partial charge < -0.3 is 10.2 Å². The number of nitrogens with zero attached hydrogens (tertiary/aromatic N) is 2. The van der Waals surface area contributed by atoms with E-state index in [1.54, 1.807) is 41.3 Å². The molecular formula is C21H20ClN3O3S. The van der Waals surface area contributed by atoms with Crippen LogP contribution in [0, 0.1) is 0 Å². The first kappa shape index (κ1) is 19.7. The monoisotopic (exact) mass is 429 g/mol. The van der Waals surface area contributed by atoms with Crippen molar-refractivity contribution in [1.82, 2.24) is 9.21 Å². The fourth-order valence-electron chi connectivity index (χ4n) is 3.34. The molecule has 0 aliphatic carbocycles. The number of carbonyl (C=O) groups is 1. The summed E-state index contributed by atoms with van der Waals surface area (Å²) in [6.07, 6.45) is 0. The van der Waals surface area contributed by atoms with E-state index in [-0.39, 0.29) is 24.0 Å². The van der Waals surface area contributed by atoms with Crippen molar-refractivity contribution >= 4 is 44.1 Å². The maximum atomic E-state index is 13.0. The Bertz CT molecular complexity index is 1140. The second-order valence-corrected chi connectivity index (χ2v) is 9.21. The van der Waals surface area contributed by atoms with Crippen LogP contribution in [0.3, 0.4) is 0 Å². The Morgan fingerprint density at radius 2 is 1.52 bits per heavy atom. The summed E-state index contributed by atoms with van der Waals surface area (Å²) in [6, 6.07) is 19.4. The molecule has 4 rings (SSSR count). The van der Waals surface area contributed by atoms with Crippen LogP contribution in [0.5, 0.6) is 0 Å². The largest absolute Gasteiger partial charge is 0.322 e. The van der Waals surface area contributed by atoms with Gasteiger partial charge in [-0.3, -0.25) is 0 Å². The summed E-state index contributed by atoms with van der Waals surface area (Å²) in [5, 5.41) is 5.28. The molecule has 1 saturated heterocycles. The lowest BCUT2D eigenvalue weighted by atomic mass is 10.1. The van der Waals surface area contributed by atoms with Gasteiger partial charge >= 0.3 is 6.03 Å². The third kappa shape index (κ3) is 4.22. The number of halogens is 1. The number of piperazine rings is 1. The molecule has 0 saturated carbocycles. The van der Waals surface area contributed by atoms with E-state index < -0.39 is 10.0 Å². The van der Waals surface area contributed by atoms with Crippen LogP contribution in [0.1, 0.15) is 0 Å². The lowest BCUT2D eigenvalue weighted by Crippen LogP contribution is -2.51. The van der Waals surface area contributed by atoms with Crippen molar-refractivity contribution in [1.29, 1.82) is 0 Å². The van der Waals surface area contributed by atoms with E-state index >= 15 is 0 Å². The van der Waals surface area contributed by atoms with Gasteiger partial charge in [-0.2, -0.15) is 4.31 Å². The zero-order valence-corrected chi connectivity index (χ0v) is 17.2. The highest BCUT2D eigenvalue weighted by atomic mass is 35.5. The van der Waals surface area contributed by atoms with E-state index in [1.165, 1.54) is 4.31 Å². The minimum absolute atomic E-state index is 0.253. The molecule has 29 heavy (non-hydrogen) atoms. The third-order valence-corrected chi connectivity index (χ3v) is 7.13. The van der Waals surface area contributed by atoms with Crippen molar-refractivity contribution in [2.45, 2.75) is 4.90 Å². The van der Waals surface area contributed by atoms with Crippen molar-refractivity contribution < 1.29 is 13.2 Å². The van der Waals surface area contributed by atoms with Gasteiger partial charge in [0.1, 0.15) is 0 Å². The van der Waals surface area contributed by atoms with Crippen molar-refractivity contribution in [3.63, 3.8) is 0 Å². The highest BCUT2D eigenvalue weighted by molar-refractivity contribution is 7.89. The molecule has 3 aromatic carbocycles. The van der Waals surface area contributed by atoms with Gasteiger partial charge in [0.2, 0.25) is 10.0 Å². The first-order valence-electron chi connectivity index (χ1n) is 9.24. The molecule has 0 unspecified atom stereocenters. The zero-order valence-electron chi connectivity index (χ0n) is 15.6. The molecule has 0 radical (unpaired) electrons. The molecule has 0 spiro atoms. The number of sulfonamides is 1. The molecule has 150 valence electrons. The Morgan fingerprint density at radius 3 is 2.21 bits per heavy atom. The molecule has 1 heterocycles. The summed E-state index contributed by atoms with van der Waals surface area (Å²) in [4.78, 5) is 14.3. The van der Waals surface area contributed by atoms with Gasteiger partial charge in [0.05, 0.1) is 4.90 Å². The van der Waals surface area contributed by atoms with Crippen LogP contribution in [0.4, 0.5) is 10.5 Å². The van der Waals surface area contributed by atoms with Crippen LogP contribution in [0.25, 0.3) is 10.8 Å². The first-order valence-corrected chi connectivity index (χ1v) is 11.1. The Labute approximate surface area is 174 Å². The summed E-state index contributed by atoms with van der Waals surface area (Å²) < 4.78 is 27.5. The fraction of sp³-hybridized carbons (Fsp3) is 0.190. The maximum Gasteiger partial charge on any atom is 0.321 e. The zero-order chi connectivity index (χ0) is 20.4. The van der Waals surface area contributed by atoms with Crippen LogP contribution in [0.2, 0.25) is 5.02 Å². The maximum absolute atomic E-state index is 13.0. The molecule has 1 aliphatic rings. The van der Waals surface area contributed by atoms with Crippen LogP contribution in [0.15, 0.2) is 71.6 Å². The van der Waals surface area contributed by atoms with Crippen molar-refractivity contribution in [2.75, 3.05) is 31.5 Å². The second-order valence-electron chi connectivity index (χ2n) is 6.84. The minimum Gasteiger partial charge on any atom is -0.322 e. The van der Waals surface area contributed by atoms with Gasteiger partial charge in [0.25, 0.3) is 0 Å². The third-order valence-electron chi connectivity index (χ3n) is 4.98. The quantitative estimate of drug-likeness (QED) is 0.683. The summed E-state index contributed by atoms with van der Waals surface area (Å²) in [7, 11) is -3.61. The summed E-state index contributed by atoms with van der Waals surface area (Å²) in [5.74, 6) is 0. The van der Waals surface area contributed by atoms with E-state index in [9.17, 15) is 13.2 Å². The summed E-state index contributed by atoms with van der Waals surface area (Å²) in [5.41, 5.74) is 0.644. The number of fused-ring (bicyclic) bond motifs is 1. The number of nitrogens with one attached hydrogen (secondary N) is 1. The molecule has 1 aliphatic heterocycles. The Hall–Kier alpha value is -2.61.